The van der Waals surface area contributed by atoms with Crippen LogP contribution in [-0.4, -0.2) is 24.3 Å². The normalized spacial score (nSPS) is 10.2. The molecule has 0 amide bonds. The molecule has 5 heteroatoms. The van der Waals surface area contributed by atoms with Gasteiger partial charge in [-0.25, -0.2) is 4.79 Å². The fourth-order valence-corrected chi connectivity index (χ4v) is 1.53. The maximum absolute atomic E-state index is 11.6. The first-order chi connectivity index (χ1) is 8.15. The quantitative estimate of drug-likeness (QED) is 0.466. The summed E-state index contributed by atoms with van der Waals surface area (Å²) in [5.41, 5.74) is 6.30. The Labute approximate surface area is 105 Å². The maximum Gasteiger partial charge on any atom is 0.340 e. The summed E-state index contributed by atoms with van der Waals surface area (Å²) in [6.07, 6.45) is 2.29. The SMILES string of the molecule is Nc1cc(Cl)ccc1C(=O)OCCCCCO. The highest BCUT2D eigenvalue weighted by Gasteiger charge is 2.10. The highest BCUT2D eigenvalue weighted by atomic mass is 35.5. The minimum Gasteiger partial charge on any atom is -0.462 e. The first kappa shape index (κ1) is 13.8. The number of rotatable bonds is 6. The first-order valence-corrected chi connectivity index (χ1v) is 5.86. The van der Waals surface area contributed by atoms with Gasteiger partial charge in [-0.2, -0.15) is 0 Å². The standard InChI is InChI=1S/C12H16ClNO3/c13-9-4-5-10(11(14)8-9)12(16)17-7-3-1-2-6-15/h4-5,8,15H,1-3,6-7,14H2. The topological polar surface area (TPSA) is 72.6 Å². The molecule has 0 bridgehead atoms. The molecule has 0 aliphatic rings. The summed E-state index contributed by atoms with van der Waals surface area (Å²) in [4.78, 5) is 11.6. The monoisotopic (exact) mass is 257 g/mol. The number of anilines is 1. The van der Waals surface area contributed by atoms with Crippen LogP contribution in [0.4, 0.5) is 5.69 Å². The van der Waals surface area contributed by atoms with E-state index in [0.717, 1.165) is 19.3 Å². The second-order valence-corrected chi connectivity index (χ2v) is 4.09. The number of halogens is 1. The fraction of sp³-hybridized carbons (Fsp3) is 0.417. The predicted molar refractivity (Wildman–Crippen MR) is 67.1 cm³/mol. The molecule has 3 N–H and O–H groups in total. The van der Waals surface area contributed by atoms with E-state index in [1.54, 1.807) is 12.1 Å². The van der Waals surface area contributed by atoms with Crippen LogP contribution in [0.1, 0.15) is 29.6 Å². The van der Waals surface area contributed by atoms with E-state index in [1.165, 1.54) is 6.07 Å². The summed E-state index contributed by atoms with van der Waals surface area (Å²) in [6, 6.07) is 4.66. The van der Waals surface area contributed by atoms with E-state index in [1.807, 2.05) is 0 Å². The molecule has 0 radical (unpaired) electrons. The molecule has 4 nitrogen and oxygen atoms in total. The van der Waals surface area contributed by atoms with E-state index in [-0.39, 0.29) is 6.61 Å². The van der Waals surface area contributed by atoms with Crippen molar-refractivity contribution in [1.29, 1.82) is 0 Å². The lowest BCUT2D eigenvalue weighted by Crippen LogP contribution is -2.09. The number of benzene rings is 1. The van der Waals surface area contributed by atoms with Gasteiger partial charge in [-0.1, -0.05) is 11.6 Å². The van der Waals surface area contributed by atoms with E-state index in [2.05, 4.69) is 0 Å². The molecule has 0 fully saturated rings. The van der Waals surface area contributed by atoms with Crippen LogP contribution in [0.2, 0.25) is 5.02 Å². The average molecular weight is 258 g/mol. The van der Waals surface area contributed by atoms with Crippen molar-refractivity contribution in [2.24, 2.45) is 0 Å². The summed E-state index contributed by atoms with van der Waals surface area (Å²) >= 11 is 5.73. The van der Waals surface area contributed by atoms with Gasteiger partial charge in [-0.15, -0.1) is 0 Å². The number of esters is 1. The number of ether oxygens (including phenoxy) is 1. The van der Waals surface area contributed by atoms with Crippen molar-refractivity contribution in [3.8, 4) is 0 Å². The molecule has 17 heavy (non-hydrogen) atoms. The van der Waals surface area contributed by atoms with Crippen LogP contribution in [0.25, 0.3) is 0 Å². The van der Waals surface area contributed by atoms with Crippen LogP contribution < -0.4 is 5.73 Å². The van der Waals surface area contributed by atoms with Gasteiger partial charge in [0.25, 0.3) is 0 Å². The average Bonchev–Trinajstić information content (AvgIpc) is 2.28. The van der Waals surface area contributed by atoms with Crippen LogP contribution in [0.15, 0.2) is 18.2 Å². The molecule has 0 saturated carbocycles. The Balaban J connectivity index is 2.42. The Kier molecular flexibility index (Phi) is 5.80. The molecule has 1 rings (SSSR count). The minimum atomic E-state index is -0.442. The van der Waals surface area contributed by atoms with Crippen molar-refractivity contribution >= 4 is 23.3 Å². The van der Waals surface area contributed by atoms with E-state index in [9.17, 15) is 4.79 Å². The minimum absolute atomic E-state index is 0.165. The largest absolute Gasteiger partial charge is 0.462 e. The number of aliphatic hydroxyl groups excluding tert-OH is 1. The van der Waals surface area contributed by atoms with Gasteiger partial charge in [0, 0.05) is 17.3 Å². The molecule has 0 saturated heterocycles. The van der Waals surface area contributed by atoms with Gasteiger partial charge < -0.3 is 15.6 Å². The molecule has 0 atom stereocenters. The molecule has 0 spiro atoms. The number of nitrogens with two attached hydrogens (primary N) is 1. The second kappa shape index (κ2) is 7.14. The summed E-state index contributed by atoms with van der Waals surface area (Å²) < 4.78 is 5.05. The van der Waals surface area contributed by atoms with Crippen LogP contribution in [0, 0.1) is 0 Å². The van der Waals surface area contributed by atoms with Gasteiger partial charge in [0.15, 0.2) is 0 Å². The summed E-state index contributed by atoms with van der Waals surface area (Å²) in [5.74, 6) is -0.442. The smallest absolute Gasteiger partial charge is 0.340 e. The van der Waals surface area contributed by atoms with Crippen LogP contribution in [0.5, 0.6) is 0 Å². The van der Waals surface area contributed by atoms with Gasteiger partial charge in [0.1, 0.15) is 0 Å². The van der Waals surface area contributed by atoms with Gasteiger partial charge in [-0.05, 0) is 37.5 Å². The fourth-order valence-electron chi connectivity index (χ4n) is 1.35. The van der Waals surface area contributed by atoms with Gasteiger partial charge >= 0.3 is 5.97 Å². The van der Waals surface area contributed by atoms with Crippen molar-refractivity contribution in [1.82, 2.24) is 0 Å². The zero-order valence-corrected chi connectivity index (χ0v) is 10.2. The zero-order chi connectivity index (χ0) is 12.7. The molecule has 94 valence electrons. The van der Waals surface area contributed by atoms with Crippen molar-refractivity contribution in [3.05, 3.63) is 28.8 Å². The van der Waals surface area contributed by atoms with Crippen LogP contribution in [0.3, 0.4) is 0 Å². The molecule has 0 unspecified atom stereocenters. The molecule has 1 aromatic rings. The Bertz CT molecular complexity index is 382. The third kappa shape index (κ3) is 4.63. The second-order valence-electron chi connectivity index (χ2n) is 3.65. The number of unbranched alkanes of at least 4 members (excludes halogenated alkanes) is 2. The lowest BCUT2D eigenvalue weighted by atomic mass is 10.2. The van der Waals surface area contributed by atoms with Crippen molar-refractivity contribution < 1.29 is 14.6 Å². The predicted octanol–water partition coefficient (Wildman–Crippen LogP) is 2.24. The number of carbonyl (C=O) groups is 1. The van der Waals surface area contributed by atoms with E-state index in [0.29, 0.717) is 22.9 Å². The van der Waals surface area contributed by atoms with Gasteiger partial charge in [0.05, 0.1) is 12.2 Å². The summed E-state index contributed by atoms with van der Waals surface area (Å²) in [5, 5.41) is 9.07. The van der Waals surface area contributed by atoms with Crippen molar-refractivity contribution in [2.75, 3.05) is 18.9 Å². The highest BCUT2D eigenvalue weighted by Crippen LogP contribution is 2.18. The lowest BCUT2D eigenvalue weighted by molar-refractivity contribution is 0.0498. The number of hydrogen-bond acceptors (Lipinski definition) is 4. The Morgan fingerprint density at radius 1 is 1.35 bits per heavy atom. The summed E-state index contributed by atoms with van der Waals surface area (Å²) in [7, 11) is 0. The molecular weight excluding hydrogens is 242 g/mol. The van der Waals surface area contributed by atoms with E-state index in [4.69, 9.17) is 27.2 Å². The maximum atomic E-state index is 11.6. The number of hydrogen-bond donors (Lipinski definition) is 2. The molecule has 0 aromatic heterocycles. The Morgan fingerprint density at radius 2 is 2.12 bits per heavy atom. The van der Waals surface area contributed by atoms with Gasteiger partial charge in [-0.3, -0.25) is 0 Å². The molecule has 0 heterocycles. The third-order valence-corrected chi connectivity index (χ3v) is 2.50. The zero-order valence-electron chi connectivity index (χ0n) is 9.49. The van der Waals surface area contributed by atoms with Gasteiger partial charge in [0.2, 0.25) is 0 Å². The van der Waals surface area contributed by atoms with Crippen LogP contribution >= 0.6 is 11.6 Å². The number of aliphatic hydroxyl groups is 1. The van der Waals surface area contributed by atoms with Crippen molar-refractivity contribution in [3.63, 3.8) is 0 Å². The van der Waals surface area contributed by atoms with E-state index >= 15 is 0 Å². The molecule has 0 aliphatic carbocycles. The molecule has 1 aromatic carbocycles. The van der Waals surface area contributed by atoms with Crippen molar-refractivity contribution in [2.45, 2.75) is 19.3 Å². The molecular formula is C12H16ClNO3. The highest BCUT2D eigenvalue weighted by molar-refractivity contribution is 6.31. The molecule has 0 aliphatic heterocycles. The lowest BCUT2D eigenvalue weighted by Gasteiger charge is -2.07. The van der Waals surface area contributed by atoms with Crippen LogP contribution in [-0.2, 0) is 4.74 Å². The first-order valence-electron chi connectivity index (χ1n) is 5.48. The number of carbonyl (C=O) groups excluding carboxylic acids is 1. The number of nitrogen functional groups attached to an aromatic ring is 1. The summed E-state index contributed by atoms with van der Waals surface area (Å²) in [6.45, 7) is 0.499. The Hall–Kier alpha value is -1.26. The third-order valence-electron chi connectivity index (χ3n) is 2.27. The van der Waals surface area contributed by atoms with E-state index < -0.39 is 5.97 Å². The Morgan fingerprint density at radius 3 is 2.76 bits per heavy atom.